The first-order valence-electron chi connectivity index (χ1n) is 8.64. The monoisotopic (exact) mass is 495 g/mol. The lowest BCUT2D eigenvalue weighted by Gasteiger charge is -2.33. The predicted octanol–water partition coefficient (Wildman–Crippen LogP) is 3.19. The number of halogens is 2. The highest BCUT2D eigenvalue weighted by molar-refractivity contribution is 14.0. The van der Waals surface area contributed by atoms with Gasteiger partial charge in [0.05, 0.1) is 19.1 Å². The second kappa shape index (κ2) is 12.2. The van der Waals surface area contributed by atoms with E-state index < -0.39 is 0 Å². The molecule has 0 aromatic heterocycles. The van der Waals surface area contributed by atoms with Crippen LogP contribution in [0.4, 0.5) is 0 Å². The Morgan fingerprint density at radius 1 is 1.38 bits per heavy atom. The van der Waals surface area contributed by atoms with Gasteiger partial charge in [-0.15, -0.1) is 24.0 Å². The molecule has 0 radical (unpaired) electrons. The van der Waals surface area contributed by atoms with Gasteiger partial charge < -0.3 is 19.7 Å². The molecule has 1 aromatic carbocycles. The third-order valence-corrected chi connectivity index (χ3v) is 4.31. The zero-order valence-corrected chi connectivity index (χ0v) is 18.3. The first-order valence-corrected chi connectivity index (χ1v) is 9.02. The van der Waals surface area contributed by atoms with Gasteiger partial charge in [0.2, 0.25) is 0 Å². The van der Waals surface area contributed by atoms with Crippen LogP contribution in [0, 0.1) is 5.92 Å². The summed E-state index contributed by atoms with van der Waals surface area (Å²) in [6.07, 6.45) is 1.58. The van der Waals surface area contributed by atoms with Gasteiger partial charge in [0.25, 0.3) is 0 Å². The summed E-state index contributed by atoms with van der Waals surface area (Å²) >= 11 is 5.93. The van der Waals surface area contributed by atoms with Gasteiger partial charge in [-0.2, -0.15) is 0 Å². The molecule has 0 saturated carbocycles. The van der Waals surface area contributed by atoms with Crippen molar-refractivity contribution in [2.75, 3.05) is 39.9 Å². The molecule has 1 N–H and O–H groups in total. The van der Waals surface area contributed by atoms with E-state index in [9.17, 15) is 4.79 Å². The summed E-state index contributed by atoms with van der Waals surface area (Å²) in [6, 6.07) is 7.34. The standard InChI is InChI=1S/C18H26ClN3O3.HI/c1-3-24-17(23)14-7-10-22(11-8-14)18(20-2)21-9-12-25-16-6-4-5-15(19)13-16;/h4-6,13-14H,3,7-12H2,1-2H3,(H,20,21);1H. The van der Waals surface area contributed by atoms with E-state index >= 15 is 0 Å². The third-order valence-electron chi connectivity index (χ3n) is 4.08. The van der Waals surface area contributed by atoms with Gasteiger partial charge in [-0.25, -0.2) is 0 Å². The highest BCUT2D eigenvalue weighted by Crippen LogP contribution is 2.19. The number of nitrogens with one attached hydrogen (secondary N) is 1. The van der Waals surface area contributed by atoms with Crippen molar-refractivity contribution in [2.45, 2.75) is 19.8 Å². The minimum absolute atomic E-state index is 0. The summed E-state index contributed by atoms with van der Waals surface area (Å²) in [5.41, 5.74) is 0. The number of hydrogen-bond donors (Lipinski definition) is 1. The van der Waals surface area contributed by atoms with E-state index in [4.69, 9.17) is 21.1 Å². The van der Waals surface area contributed by atoms with Crippen molar-refractivity contribution in [3.05, 3.63) is 29.3 Å². The molecule has 1 aliphatic rings. The fourth-order valence-corrected chi connectivity index (χ4v) is 2.99. The van der Waals surface area contributed by atoms with Crippen molar-refractivity contribution in [3.8, 4) is 5.75 Å². The zero-order chi connectivity index (χ0) is 18.1. The van der Waals surface area contributed by atoms with Crippen LogP contribution < -0.4 is 10.1 Å². The SMILES string of the molecule is CCOC(=O)C1CCN(C(=NC)NCCOc2cccc(Cl)c2)CC1.I. The van der Waals surface area contributed by atoms with Gasteiger partial charge in [-0.1, -0.05) is 17.7 Å². The van der Waals surface area contributed by atoms with E-state index in [0.717, 1.165) is 37.6 Å². The van der Waals surface area contributed by atoms with Crippen molar-refractivity contribution >= 4 is 47.5 Å². The summed E-state index contributed by atoms with van der Waals surface area (Å²) in [5, 5.41) is 3.95. The molecule has 0 bridgehead atoms. The van der Waals surface area contributed by atoms with Crippen molar-refractivity contribution in [1.29, 1.82) is 0 Å². The number of aliphatic imine (C=N–C) groups is 1. The van der Waals surface area contributed by atoms with E-state index in [0.29, 0.717) is 24.8 Å². The smallest absolute Gasteiger partial charge is 0.309 e. The van der Waals surface area contributed by atoms with Crippen LogP contribution in [-0.4, -0.2) is 56.7 Å². The van der Waals surface area contributed by atoms with Gasteiger partial charge in [-0.3, -0.25) is 9.79 Å². The molecule has 0 atom stereocenters. The highest BCUT2D eigenvalue weighted by atomic mass is 127. The number of rotatable bonds is 6. The number of guanidine groups is 1. The Bertz CT molecular complexity index is 593. The molecule has 6 nitrogen and oxygen atoms in total. The quantitative estimate of drug-likeness (QED) is 0.216. The number of ether oxygens (including phenoxy) is 2. The van der Waals surface area contributed by atoms with Crippen LogP contribution >= 0.6 is 35.6 Å². The average molecular weight is 496 g/mol. The highest BCUT2D eigenvalue weighted by Gasteiger charge is 2.27. The van der Waals surface area contributed by atoms with Crippen LogP contribution in [-0.2, 0) is 9.53 Å². The molecule has 8 heteroatoms. The molecule has 0 spiro atoms. The maximum Gasteiger partial charge on any atom is 0.309 e. The summed E-state index contributed by atoms with van der Waals surface area (Å²) in [4.78, 5) is 18.3. The Labute approximate surface area is 177 Å². The van der Waals surface area contributed by atoms with Gasteiger partial charge in [0.1, 0.15) is 12.4 Å². The van der Waals surface area contributed by atoms with Gasteiger partial charge >= 0.3 is 5.97 Å². The number of benzene rings is 1. The fraction of sp³-hybridized carbons (Fsp3) is 0.556. The lowest BCUT2D eigenvalue weighted by Crippen LogP contribution is -2.47. The maximum atomic E-state index is 11.8. The first-order chi connectivity index (χ1) is 12.1. The largest absolute Gasteiger partial charge is 0.492 e. The zero-order valence-electron chi connectivity index (χ0n) is 15.2. The number of carbonyl (C=O) groups excluding carboxylic acids is 1. The Kier molecular flexibility index (Phi) is 10.7. The molecule has 1 heterocycles. The summed E-state index contributed by atoms with van der Waals surface area (Å²) < 4.78 is 10.8. The number of carbonyl (C=O) groups is 1. The molecule has 0 aliphatic carbocycles. The second-order valence-electron chi connectivity index (χ2n) is 5.79. The van der Waals surface area contributed by atoms with Crippen LogP contribution in [0.25, 0.3) is 0 Å². The summed E-state index contributed by atoms with van der Waals surface area (Å²) in [5.74, 6) is 1.50. The third kappa shape index (κ3) is 7.19. The molecule has 26 heavy (non-hydrogen) atoms. The molecular formula is C18H27ClIN3O3. The Balaban J connectivity index is 0.00000338. The van der Waals surface area contributed by atoms with Crippen molar-refractivity contribution in [3.63, 3.8) is 0 Å². The van der Waals surface area contributed by atoms with Crippen LogP contribution in [0.2, 0.25) is 5.02 Å². The molecular weight excluding hydrogens is 469 g/mol. The number of likely N-dealkylation sites (tertiary alicyclic amines) is 1. The van der Waals surface area contributed by atoms with Gasteiger partial charge in [-0.05, 0) is 38.0 Å². The predicted molar refractivity (Wildman–Crippen MR) is 115 cm³/mol. The second-order valence-corrected chi connectivity index (χ2v) is 6.23. The first kappa shape index (κ1) is 22.8. The maximum absolute atomic E-state index is 11.8. The van der Waals surface area contributed by atoms with E-state index in [1.54, 1.807) is 13.1 Å². The summed E-state index contributed by atoms with van der Waals surface area (Å²) in [6.45, 7) is 5.01. The van der Waals surface area contributed by atoms with E-state index in [1.807, 2.05) is 25.1 Å². The number of nitrogens with zero attached hydrogens (tertiary/aromatic N) is 2. The topological polar surface area (TPSA) is 63.2 Å². The molecule has 1 saturated heterocycles. The van der Waals surface area contributed by atoms with E-state index in [-0.39, 0.29) is 35.9 Å². The molecule has 0 amide bonds. The number of piperidine rings is 1. The summed E-state index contributed by atoms with van der Waals surface area (Å²) in [7, 11) is 1.76. The van der Waals surface area contributed by atoms with Crippen molar-refractivity contribution in [2.24, 2.45) is 10.9 Å². The molecule has 1 aromatic rings. The molecule has 1 fully saturated rings. The normalized spacial score (nSPS) is 15.2. The van der Waals surface area contributed by atoms with Gasteiger partial charge in [0, 0.05) is 25.2 Å². The fourth-order valence-electron chi connectivity index (χ4n) is 2.81. The van der Waals surface area contributed by atoms with Crippen molar-refractivity contribution < 1.29 is 14.3 Å². The molecule has 1 aliphatic heterocycles. The molecule has 0 unspecified atom stereocenters. The van der Waals surface area contributed by atoms with E-state index in [1.165, 1.54) is 0 Å². The number of esters is 1. The lowest BCUT2D eigenvalue weighted by molar-refractivity contribution is -0.149. The van der Waals surface area contributed by atoms with Crippen LogP contribution in [0.15, 0.2) is 29.3 Å². The van der Waals surface area contributed by atoms with E-state index in [2.05, 4.69) is 15.2 Å². The minimum Gasteiger partial charge on any atom is -0.492 e. The Morgan fingerprint density at radius 2 is 2.12 bits per heavy atom. The van der Waals surface area contributed by atoms with Crippen LogP contribution in [0.1, 0.15) is 19.8 Å². The van der Waals surface area contributed by atoms with Crippen LogP contribution in [0.3, 0.4) is 0 Å². The Hall–Kier alpha value is -1.22. The average Bonchev–Trinajstić information content (AvgIpc) is 2.62. The minimum atomic E-state index is -0.0833. The van der Waals surface area contributed by atoms with Crippen molar-refractivity contribution in [1.82, 2.24) is 10.2 Å². The number of hydrogen-bond acceptors (Lipinski definition) is 4. The Morgan fingerprint density at radius 3 is 2.73 bits per heavy atom. The molecule has 146 valence electrons. The molecule has 2 rings (SSSR count). The van der Waals surface area contributed by atoms with Crippen LogP contribution in [0.5, 0.6) is 5.75 Å². The van der Waals surface area contributed by atoms with Gasteiger partial charge in [0.15, 0.2) is 5.96 Å². The lowest BCUT2D eigenvalue weighted by atomic mass is 9.97.